The molecule has 1 aromatic carbocycles. The fourth-order valence-corrected chi connectivity index (χ4v) is 2.64. The molecule has 2 aromatic rings. The van der Waals surface area contributed by atoms with Crippen LogP contribution in [0.25, 0.3) is 0 Å². The van der Waals surface area contributed by atoms with Gasteiger partial charge in [-0.3, -0.25) is 4.98 Å². The number of hydrogen-bond donors (Lipinski definition) is 2. The molecule has 3 N–H and O–H groups in total. The van der Waals surface area contributed by atoms with E-state index in [2.05, 4.69) is 4.98 Å². The minimum atomic E-state index is -0.654. The summed E-state index contributed by atoms with van der Waals surface area (Å²) in [5.74, 6) is 0.554. The van der Waals surface area contributed by atoms with Crippen LogP contribution in [0.2, 0.25) is 0 Å². The molecule has 0 fully saturated rings. The van der Waals surface area contributed by atoms with Crippen molar-refractivity contribution >= 4 is 11.3 Å². The molecule has 2 unspecified atom stereocenters. The van der Waals surface area contributed by atoms with Crippen molar-refractivity contribution in [3.8, 4) is 5.75 Å². The van der Waals surface area contributed by atoms with Gasteiger partial charge in [-0.15, -0.1) is 11.3 Å². The van der Waals surface area contributed by atoms with Gasteiger partial charge >= 0.3 is 0 Å². The van der Waals surface area contributed by atoms with Gasteiger partial charge < -0.3 is 15.6 Å². The highest BCUT2D eigenvalue weighted by Gasteiger charge is 2.25. The lowest BCUT2D eigenvalue weighted by Gasteiger charge is -2.22. The number of para-hydroxylation sites is 1. The van der Waals surface area contributed by atoms with Crippen LogP contribution in [0.5, 0.6) is 5.75 Å². The number of rotatable bonds is 5. The summed E-state index contributed by atoms with van der Waals surface area (Å²) in [6.45, 7) is 0.347. The summed E-state index contributed by atoms with van der Waals surface area (Å²) >= 11 is 1.43. The van der Waals surface area contributed by atoms with Crippen LogP contribution in [0.3, 0.4) is 0 Å². The number of nitrogens with zero attached hydrogens (tertiary/aromatic N) is 1. The molecule has 0 bridgehead atoms. The third-order valence-corrected chi connectivity index (χ3v) is 3.76. The van der Waals surface area contributed by atoms with Crippen molar-refractivity contribution in [2.45, 2.75) is 12.0 Å². The van der Waals surface area contributed by atoms with Crippen molar-refractivity contribution in [3.05, 3.63) is 46.4 Å². The topological polar surface area (TPSA) is 68.4 Å². The molecule has 0 radical (unpaired) electrons. The Morgan fingerprint density at radius 3 is 2.83 bits per heavy atom. The van der Waals surface area contributed by atoms with E-state index in [0.29, 0.717) is 6.54 Å². The summed E-state index contributed by atoms with van der Waals surface area (Å²) in [6, 6.07) is 7.62. The number of nitrogens with two attached hydrogens (primary N) is 1. The van der Waals surface area contributed by atoms with Crippen LogP contribution in [0.4, 0.5) is 0 Å². The molecule has 96 valence electrons. The smallest absolute Gasteiger partial charge is 0.122 e. The molecule has 0 saturated carbocycles. The minimum absolute atomic E-state index is 0.193. The van der Waals surface area contributed by atoms with Gasteiger partial charge in [-0.25, -0.2) is 0 Å². The summed E-state index contributed by atoms with van der Waals surface area (Å²) in [4.78, 5) is 4.80. The Morgan fingerprint density at radius 1 is 1.44 bits per heavy atom. The molecule has 18 heavy (non-hydrogen) atoms. The molecule has 5 heteroatoms. The van der Waals surface area contributed by atoms with Crippen LogP contribution < -0.4 is 10.5 Å². The van der Waals surface area contributed by atoms with Gasteiger partial charge in [-0.2, -0.15) is 0 Å². The van der Waals surface area contributed by atoms with E-state index in [9.17, 15) is 5.11 Å². The number of aromatic nitrogens is 1. The van der Waals surface area contributed by atoms with E-state index >= 15 is 0 Å². The van der Waals surface area contributed by atoms with E-state index in [4.69, 9.17) is 10.5 Å². The molecule has 0 aliphatic heterocycles. The van der Waals surface area contributed by atoms with E-state index in [1.165, 1.54) is 11.3 Å². The Labute approximate surface area is 110 Å². The Kier molecular flexibility index (Phi) is 4.30. The summed E-state index contributed by atoms with van der Waals surface area (Å²) in [6.07, 6.45) is 1.02. The van der Waals surface area contributed by atoms with Crippen LogP contribution >= 0.6 is 11.3 Å². The predicted molar refractivity (Wildman–Crippen MR) is 71.9 cm³/mol. The highest BCUT2D eigenvalue weighted by Crippen LogP contribution is 2.36. The van der Waals surface area contributed by atoms with Gasteiger partial charge in [0.05, 0.1) is 23.6 Å². The first-order valence-corrected chi connectivity index (χ1v) is 6.55. The second kappa shape index (κ2) is 5.95. The van der Waals surface area contributed by atoms with Crippen LogP contribution in [-0.2, 0) is 0 Å². The zero-order valence-corrected chi connectivity index (χ0v) is 10.9. The number of benzene rings is 1. The normalized spacial score (nSPS) is 14.2. The first-order valence-electron chi connectivity index (χ1n) is 5.67. The maximum Gasteiger partial charge on any atom is 0.122 e. The van der Waals surface area contributed by atoms with Crippen LogP contribution in [0.15, 0.2) is 36.0 Å². The number of hydrogen-bond acceptors (Lipinski definition) is 5. The SMILES string of the molecule is COc1ccccc1C(CN)C(O)c1cncs1. The van der Waals surface area contributed by atoms with Crippen molar-refractivity contribution in [2.24, 2.45) is 5.73 Å². The lowest BCUT2D eigenvalue weighted by Crippen LogP contribution is -2.20. The quantitative estimate of drug-likeness (QED) is 0.866. The monoisotopic (exact) mass is 264 g/mol. The van der Waals surface area contributed by atoms with Gasteiger partial charge in [-0.05, 0) is 6.07 Å². The Balaban J connectivity index is 2.33. The van der Waals surface area contributed by atoms with Gasteiger partial charge in [0.1, 0.15) is 5.75 Å². The lowest BCUT2D eigenvalue weighted by molar-refractivity contribution is 0.149. The molecule has 0 aliphatic carbocycles. The van der Waals surface area contributed by atoms with Gasteiger partial charge in [0.2, 0.25) is 0 Å². The number of methoxy groups -OCH3 is 1. The first kappa shape index (κ1) is 13.0. The predicted octanol–water partition coefficient (Wildman–Crippen LogP) is 1.93. The van der Waals surface area contributed by atoms with Crippen molar-refractivity contribution in [1.29, 1.82) is 0 Å². The van der Waals surface area contributed by atoms with Crippen molar-refractivity contribution in [1.82, 2.24) is 4.98 Å². The fourth-order valence-electron chi connectivity index (χ4n) is 1.97. The zero-order chi connectivity index (χ0) is 13.0. The number of aliphatic hydroxyl groups is 1. The number of aliphatic hydroxyl groups excluding tert-OH is 1. The van der Waals surface area contributed by atoms with Crippen LogP contribution in [0, 0.1) is 0 Å². The van der Waals surface area contributed by atoms with E-state index in [-0.39, 0.29) is 5.92 Å². The molecule has 0 spiro atoms. The van der Waals surface area contributed by atoms with Crippen molar-refractivity contribution in [2.75, 3.05) is 13.7 Å². The number of thiazole rings is 1. The summed E-state index contributed by atoms with van der Waals surface area (Å²) in [7, 11) is 1.62. The van der Waals surface area contributed by atoms with Crippen LogP contribution in [0.1, 0.15) is 22.5 Å². The third-order valence-electron chi connectivity index (χ3n) is 2.92. The molecular formula is C13H16N2O2S. The van der Waals surface area contributed by atoms with E-state index in [0.717, 1.165) is 16.2 Å². The molecule has 1 aromatic heterocycles. The Hall–Kier alpha value is -1.43. The zero-order valence-electron chi connectivity index (χ0n) is 10.1. The van der Waals surface area contributed by atoms with Gasteiger partial charge in [-0.1, -0.05) is 18.2 Å². The molecular weight excluding hydrogens is 248 g/mol. The third kappa shape index (κ3) is 2.53. The van der Waals surface area contributed by atoms with Crippen molar-refractivity contribution in [3.63, 3.8) is 0 Å². The van der Waals surface area contributed by atoms with Gasteiger partial charge in [0.15, 0.2) is 0 Å². The molecule has 2 rings (SSSR count). The average Bonchev–Trinajstić information content (AvgIpc) is 2.94. The molecule has 0 aliphatic rings. The van der Waals surface area contributed by atoms with Crippen molar-refractivity contribution < 1.29 is 9.84 Å². The van der Waals surface area contributed by atoms with Crippen LogP contribution in [-0.4, -0.2) is 23.7 Å². The molecule has 1 heterocycles. The standard InChI is InChI=1S/C13H16N2O2S/c1-17-11-5-3-2-4-9(11)10(6-14)13(16)12-7-15-8-18-12/h2-5,7-8,10,13,16H,6,14H2,1H3. The summed E-state index contributed by atoms with van der Waals surface area (Å²) in [5, 5.41) is 10.4. The minimum Gasteiger partial charge on any atom is -0.496 e. The highest BCUT2D eigenvalue weighted by molar-refractivity contribution is 7.09. The molecule has 0 amide bonds. The maximum atomic E-state index is 10.4. The summed E-state index contributed by atoms with van der Waals surface area (Å²) < 4.78 is 5.32. The van der Waals surface area contributed by atoms with E-state index < -0.39 is 6.10 Å². The molecule has 4 nitrogen and oxygen atoms in total. The van der Waals surface area contributed by atoms with Gasteiger partial charge in [0.25, 0.3) is 0 Å². The second-order valence-electron chi connectivity index (χ2n) is 3.93. The maximum absolute atomic E-state index is 10.4. The summed E-state index contributed by atoms with van der Waals surface area (Å²) in [5.41, 5.74) is 8.43. The van der Waals surface area contributed by atoms with E-state index in [1.807, 2.05) is 24.3 Å². The Bertz CT molecular complexity index is 487. The number of ether oxygens (including phenoxy) is 1. The van der Waals surface area contributed by atoms with E-state index in [1.54, 1.807) is 18.8 Å². The molecule has 0 saturated heterocycles. The first-order chi connectivity index (χ1) is 8.77. The second-order valence-corrected chi connectivity index (χ2v) is 4.85. The average molecular weight is 264 g/mol. The highest BCUT2D eigenvalue weighted by atomic mass is 32.1. The molecule has 2 atom stereocenters. The Morgan fingerprint density at radius 2 is 2.22 bits per heavy atom. The van der Waals surface area contributed by atoms with Gasteiger partial charge in [0, 0.05) is 24.2 Å². The lowest BCUT2D eigenvalue weighted by atomic mass is 9.92. The largest absolute Gasteiger partial charge is 0.496 e. The fraction of sp³-hybridized carbons (Fsp3) is 0.308.